The highest BCUT2D eigenvalue weighted by atomic mass is 16.3. The lowest BCUT2D eigenvalue weighted by Crippen LogP contribution is -2.58. The number of hydrogen-bond donors (Lipinski definition) is 2. The summed E-state index contributed by atoms with van der Waals surface area (Å²) in [5, 5.41) is 11.0. The molecule has 0 radical (unpaired) electrons. The fourth-order valence-corrected chi connectivity index (χ4v) is 3.69. The van der Waals surface area contributed by atoms with Gasteiger partial charge in [-0.05, 0) is 38.3 Å². The second-order valence-corrected chi connectivity index (χ2v) is 7.22. The number of carbonyl (C=O) groups excluding carboxylic acids is 1. The van der Waals surface area contributed by atoms with Crippen molar-refractivity contribution in [2.75, 3.05) is 26.7 Å². The van der Waals surface area contributed by atoms with Gasteiger partial charge in [0.25, 0.3) is 5.91 Å². The van der Waals surface area contributed by atoms with E-state index in [1.54, 1.807) is 12.4 Å². The first-order chi connectivity index (χ1) is 12.6. The van der Waals surface area contributed by atoms with Crippen LogP contribution in [0.5, 0.6) is 0 Å². The van der Waals surface area contributed by atoms with Crippen LogP contribution in [0, 0.1) is 0 Å². The number of H-pyrrole nitrogens is 1. The fraction of sp³-hybridized carbons (Fsp3) is 0.500. The summed E-state index contributed by atoms with van der Waals surface area (Å²) in [4.78, 5) is 23.9. The summed E-state index contributed by atoms with van der Waals surface area (Å²) in [6.07, 6.45) is 6.69. The molecule has 1 aromatic heterocycles. The highest BCUT2D eigenvalue weighted by Gasteiger charge is 2.42. The molecule has 1 unspecified atom stereocenters. The summed E-state index contributed by atoms with van der Waals surface area (Å²) in [5.41, 5.74) is -0.0165. The van der Waals surface area contributed by atoms with Crippen LogP contribution in [0.4, 0.5) is 0 Å². The van der Waals surface area contributed by atoms with Crippen molar-refractivity contribution < 1.29 is 9.90 Å². The van der Waals surface area contributed by atoms with E-state index in [0.717, 1.165) is 31.6 Å². The minimum Gasteiger partial charge on any atom is -0.379 e. The summed E-state index contributed by atoms with van der Waals surface area (Å²) in [7, 11) is 1.90. The lowest BCUT2D eigenvalue weighted by atomic mass is 9.91. The molecule has 1 aliphatic rings. The molecule has 2 aromatic rings. The van der Waals surface area contributed by atoms with Gasteiger partial charge >= 0.3 is 0 Å². The third-order valence-electron chi connectivity index (χ3n) is 4.95. The molecule has 6 heteroatoms. The molecule has 1 aromatic carbocycles. The number of imidazole rings is 1. The number of hydrogen-bond acceptors (Lipinski definition) is 4. The molecule has 0 spiro atoms. The van der Waals surface area contributed by atoms with Crippen LogP contribution < -0.4 is 0 Å². The van der Waals surface area contributed by atoms with Crippen molar-refractivity contribution in [3.05, 3.63) is 54.1 Å². The van der Waals surface area contributed by atoms with E-state index < -0.39 is 5.60 Å². The molecular weight excluding hydrogens is 328 g/mol. The maximum absolute atomic E-state index is 12.9. The number of carbonyl (C=O) groups is 1. The zero-order valence-corrected chi connectivity index (χ0v) is 15.4. The Labute approximate surface area is 154 Å². The second kappa shape index (κ2) is 8.47. The first-order valence-corrected chi connectivity index (χ1v) is 9.29. The third-order valence-corrected chi connectivity index (χ3v) is 4.95. The monoisotopic (exact) mass is 356 g/mol. The summed E-state index contributed by atoms with van der Waals surface area (Å²) >= 11 is 0. The van der Waals surface area contributed by atoms with Crippen LogP contribution in [0.2, 0.25) is 0 Å². The zero-order valence-electron chi connectivity index (χ0n) is 15.4. The van der Waals surface area contributed by atoms with Gasteiger partial charge in [-0.25, -0.2) is 4.98 Å². The Morgan fingerprint density at radius 2 is 2.15 bits per heavy atom. The van der Waals surface area contributed by atoms with Crippen molar-refractivity contribution >= 4 is 5.91 Å². The maximum atomic E-state index is 12.9. The highest BCUT2D eigenvalue weighted by molar-refractivity contribution is 5.86. The Balaban J connectivity index is 1.52. The van der Waals surface area contributed by atoms with Gasteiger partial charge in [0.2, 0.25) is 0 Å². The Morgan fingerprint density at radius 1 is 1.35 bits per heavy atom. The molecule has 3 rings (SSSR count). The summed E-state index contributed by atoms with van der Waals surface area (Å²) < 4.78 is 0. The maximum Gasteiger partial charge on any atom is 0.255 e. The molecule has 6 nitrogen and oxygen atoms in total. The number of benzene rings is 1. The molecule has 1 fully saturated rings. The minimum absolute atomic E-state index is 0.136. The van der Waals surface area contributed by atoms with E-state index in [1.165, 1.54) is 5.56 Å². The lowest BCUT2D eigenvalue weighted by molar-refractivity contribution is -0.159. The lowest BCUT2D eigenvalue weighted by Gasteiger charge is -2.40. The molecule has 1 atom stereocenters. The standard InChI is InChI=1S/C20H28N4O2/c1-23(15-18-21-11-12-22-18)16-20(26)10-6-14-24(19(20)25)13-5-9-17-7-3-2-4-8-17/h2-4,7-8,11-12,26H,5-6,9-10,13-16H2,1H3,(H,21,22). The van der Waals surface area contributed by atoms with E-state index in [4.69, 9.17) is 0 Å². The first kappa shape index (κ1) is 18.6. The quantitative estimate of drug-likeness (QED) is 0.757. The largest absolute Gasteiger partial charge is 0.379 e. The van der Waals surface area contributed by atoms with E-state index in [1.807, 2.05) is 35.0 Å². The predicted octanol–water partition coefficient (Wildman–Crippen LogP) is 1.83. The number of likely N-dealkylation sites (tertiary alicyclic amines) is 1. The topological polar surface area (TPSA) is 72.5 Å². The van der Waals surface area contributed by atoms with Gasteiger partial charge in [-0.1, -0.05) is 30.3 Å². The van der Waals surface area contributed by atoms with E-state index in [-0.39, 0.29) is 5.91 Å². The zero-order chi connectivity index (χ0) is 18.4. The Bertz CT molecular complexity index is 689. The Kier molecular flexibility index (Phi) is 6.06. The van der Waals surface area contributed by atoms with Gasteiger partial charge in [0, 0.05) is 32.0 Å². The van der Waals surface area contributed by atoms with Crippen molar-refractivity contribution in [2.45, 2.75) is 37.8 Å². The molecule has 1 saturated heterocycles. The van der Waals surface area contributed by atoms with Crippen LogP contribution in [-0.4, -0.2) is 63.1 Å². The summed E-state index contributed by atoms with van der Waals surface area (Å²) in [6.45, 7) is 2.33. The Morgan fingerprint density at radius 3 is 2.88 bits per heavy atom. The van der Waals surface area contributed by atoms with Gasteiger partial charge in [-0.2, -0.15) is 0 Å². The van der Waals surface area contributed by atoms with Gasteiger partial charge in [-0.3, -0.25) is 9.69 Å². The van der Waals surface area contributed by atoms with Crippen molar-refractivity contribution in [3.63, 3.8) is 0 Å². The summed E-state index contributed by atoms with van der Waals surface area (Å²) in [6, 6.07) is 10.3. The van der Waals surface area contributed by atoms with E-state index in [0.29, 0.717) is 26.1 Å². The van der Waals surface area contributed by atoms with Gasteiger partial charge in [-0.15, -0.1) is 0 Å². The van der Waals surface area contributed by atoms with Crippen LogP contribution in [0.25, 0.3) is 0 Å². The van der Waals surface area contributed by atoms with E-state index in [9.17, 15) is 9.90 Å². The second-order valence-electron chi connectivity index (χ2n) is 7.22. The number of aliphatic hydroxyl groups is 1. The minimum atomic E-state index is -1.30. The highest BCUT2D eigenvalue weighted by Crippen LogP contribution is 2.24. The number of likely N-dealkylation sites (N-methyl/N-ethyl adjacent to an activating group) is 1. The SMILES string of the molecule is CN(Cc1ncc[nH]1)CC1(O)CCCN(CCCc2ccccc2)C1=O. The smallest absolute Gasteiger partial charge is 0.255 e. The Hall–Kier alpha value is -2.18. The summed E-state index contributed by atoms with van der Waals surface area (Å²) in [5.74, 6) is 0.696. The first-order valence-electron chi connectivity index (χ1n) is 9.29. The number of nitrogens with one attached hydrogen (secondary N) is 1. The van der Waals surface area contributed by atoms with Crippen molar-refractivity contribution in [3.8, 4) is 0 Å². The average molecular weight is 356 g/mol. The number of amides is 1. The van der Waals surface area contributed by atoms with Crippen LogP contribution in [0.15, 0.2) is 42.7 Å². The molecule has 140 valence electrons. The number of nitrogens with zero attached hydrogens (tertiary/aromatic N) is 3. The fourth-order valence-electron chi connectivity index (χ4n) is 3.69. The van der Waals surface area contributed by atoms with Gasteiger partial charge in [0.1, 0.15) is 5.82 Å². The van der Waals surface area contributed by atoms with Crippen LogP contribution >= 0.6 is 0 Å². The molecular formula is C20H28N4O2. The third kappa shape index (κ3) is 4.71. The molecule has 0 saturated carbocycles. The van der Waals surface area contributed by atoms with Crippen LogP contribution in [-0.2, 0) is 17.8 Å². The van der Waals surface area contributed by atoms with Gasteiger partial charge < -0.3 is 15.0 Å². The van der Waals surface area contributed by atoms with Crippen molar-refractivity contribution in [1.29, 1.82) is 0 Å². The average Bonchev–Trinajstić information content (AvgIpc) is 3.12. The molecule has 0 bridgehead atoms. The van der Waals surface area contributed by atoms with Crippen molar-refractivity contribution in [1.82, 2.24) is 19.8 Å². The number of piperidine rings is 1. The molecule has 0 aliphatic carbocycles. The predicted molar refractivity (Wildman–Crippen MR) is 100 cm³/mol. The van der Waals surface area contributed by atoms with E-state index >= 15 is 0 Å². The van der Waals surface area contributed by atoms with Gasteiger partial charge in [0.05, 0.1) is 6.54 Å². The molecule has 1 aliphatic heterocycles. The molecule has 1 amide bonds. The van der Waals surface area contributed by atoms with Crippen molar-refractivity contribution in [2.24, 2.45) is 0 Å². The van der Waals surface area contributed by atoms with Gasteiger partial charge in [0.15, 0.2) is 5.60 Å². The molecule has 26 heavy (non-hydrogen) atoms. The number of rotatable bonds is 8. The number of aromatic nitrogens is 2. The number of aromatic amines is 1. The molecule has 2 heterocycles. The number of aryl methyl sites for hydroxylation is 1. The molecule has 2 N–H and O–H groups in total. The van der Waals surface area contributed by atoms with E-state index in [2.05, 4.69) is 22.1 Å². The normalized spacial score (nSPS) is 20.7. The van der Waals surface area contributed by atoms with Crippen LogP contribution in [0.1, 0.15) is 30.7 Å². The van der Waals surface area contributed by atoms with Crippen LogP contribution in [0.3, 0.4) is 0 Å².